The third kappa shape index (κ3) is 4.49. The quantitative estimate of drug-likeness (QED) is 0.706. The second kappa shape index (κ2) is 5.28. The Morgan fingerprint density at radius 3 is 2.40 bits per heavy atom. The lowest BCUT2D eigenvalue weighted by atomic mass is 9.84. The molecule has 1 rings (SSSR count). The summed E-state index contributed by atoms with van der Waals surface area (Å²) in [5, 5.41) is 9.24. The number of rotatable bonds is 6. The number of hydrogen-bond acceptors (Lipinski definition) is 3. The first-order valence-electron chi connectivity index (χ1n) is 5.93. The van der Waals surface area contributed by atoms with Crippen LogP contribution in [-0.2, 0) is 4.74 Å². The number of aliphatic hydroxyl groups excluding tert-OH is 1. The molecule has 0 aromatic carbocycles. The van der Waals surface area contributed by atoms with E-state index in [1.807, 2.05) is 0 Å². The van der Waals surface area contributed by atoms with E-state index in [-0.39, 0.29) is 24.2 Å². The molecular formula is C12H25NO2. The van der Waals surface area contributed by atoms with Crippen LogP contribution in [-0.4, -0.2) is 30.5 Å². The first-order chi connectivity index (χ1) is 6.95. The molecule has 0 bridgehead atoms. The van der Waals surface area contributed by atoms with Crippen molar-refractivity contribution in [3.05, 3.63) is 0 Å². The van der Waals surface area contributed by atoms with Gasteiger partial charge in [-0.15, -0.1) is 0 Å². The van der Waals surface area contributed by atoms with Crippen LogP contribution in [0.1, 0.15) is 40.0 Å². The highest BCUT2D eigenvalue weighted by molar-refractivity contribution is 4.84. The van der Waals surface area contributed by atoms with Crippen molar-refractivity contribution in [2.75, 3.05) is 13.2 Å². The second-order valence-electron chi connectivity index (χ2n) is 5.72. The van der Waals surface area contributed by atoms with Crippen LogP contribution in [0.3, 0.4) is 0 Å². The van der Waals surface area contributed by atoms with E-state index in [4.69, 9.17) is 10.5 Å². The number of nitrogens with two attached hydrogens (primary N) is 1. The van der Waals surface area contributed by atoms with Gasteiger partial charge in [0.2, 0.25) is 0 Å². The fourth-order valence-corrected chi connectivity index (χ4v) is 1.62. The van der Waals surface area contributed by atoms with Crippen LogP contribution >= 0.6 is 0 Å². The zero-order valence-electron chi connectivity index (χ0n) is 10.2. The van der Waals surface area contributed by atoms with Crippen molar-refractivity contribution in [2.24, 2.45) is 17.1 Å². The van der Waals surface area contributed by atoms with E-state index >= 15 is 0 Å². The summed E-state index contributed by atoms with van der Waals surface area (Å²) in [6, 6.07) is -0.110. The van der Waals surface area contributed by atoms with E-state index in [2.05, 4.69) is 20.8 Å². The highest BCUT2D eigenvalue weighted by Gasteiger charge is 2.29. The molecule has 0 aromatic rings. The van der Waals surface area contributed by atoms with E-state index in [1.165, 1.54) is 12.8 Å². The van der Waals surface area contributed by atoms with Crippen LogP contribution in [0.15, 0.2) is 0 Å². The summed E-state index contributed by atoms with van der Waals surface area (Å²) < 4.78 is 5.66. The average molecular weight is 215 g/mol. The smallest absolute Gasteiger partial charge is 0.0961 e. The third-order valence-corrected chi connectivity index (χ3v) is 3.14. The molecule has 1 fully saturated rings. The molecule has 0 amide bonds. The van der Waals surface area contributed by atoms with Gasteiger partial charge >= 0.3 is 0 Å². The van der Waals surface area contributed by atoms with E-state index < -0.39 is 0 Å². The van der Waals surface area contributed by atoms with Crippen LogP contribution < -0.4 is 5.73 Å². The van der Waals surface area contributed by atoms with Gasteiger partial charge in [-0.05, 0) is 17.8 Å². The van der Waals surface area contributed by atoms with Crippen molar-refractivity contribution in [3.8, 4) is 0 Å². The molecule has 1 aliphatic rings. The maximum atomic E-state index is 9.24. The summed E-state index contributed by atoms with van der Waals surface area (Å²) in [6.45, 7) is 6.97. The van der Waals surface area contributed by atoms with Gasteiger partial charge in [0.05, 0.1) is 12.7 Å². The van der Waals surface area contributed by atoms with Gasteiger partial charge in [0.25, 0.3) is 0 Å². The lowest BCUT2D eigenvalue weighted by molar-refractivity contribution is -0.0262. The molecule has 90 valence electrons. The fourth-order valence-electron chi connectivity index (χ4n) is 1.62. The molecular weight excluding hydrogens is 190 g/mol. The largest absolute Gasteiger partial charge is 0.394 e. The Labute approximate surface area is 93.0 Å². The van der Waals surface area contributed by atoms with Gasteiger partial charge in [0.1, 0.15) is 0 Å². The maximum absolute atomic E-state index is 9.24. The minimum Gasteiger partial charge on any atom is -0.394 e. The summed E-state index contributed by atoms with van der Waals surface area (Å²) in [5.74, 6) is 0.871. The Morgan fingerprint density at radius 1 is 1.40 bits per heavy atom. The molecule has 2 unspecified atom stereocenters. The number of hydrogen-bond donors (Lipinski definition) is 2. The monoisotopic (exact) mass is 215 g/mol. The van der Waals surface area contributed by atoms with E-state index in [0.717, 1.165) is 18.9 Å². The van der Waals surface area contributed by atoms with Crippen LogP contribution in [0.2, 0.25) is 0 Å². The topological polar surface area (TPSA) is 55.5 Å². The van der Waals surface area contributed by atoms with Gasteiger partial charge in [-0.1, -0.05) is 33.6 Å². The molecule has 0 aliphatic heterocycles. The SMILES string of the molecule is CC(C)(C)C(N)C(CO)OCCC1CC1. The molecule has 15 heavy (non-hydrogen) atoms. The maximum Gasteiger partial charge on any atom is 0.0961 e. The fraction of sp³-hybridized carbons (Fsp3) is 1.00. The lowest BCUT2D eigenvalue weighted by Crippen LogP contribution is -2.48. The molecule has 2 atom stereocenters. The van der Waals surface area contributed by atoms with Crippen LogP contribution in [0.4, 0.5) is 0 Å². The Morgan fingerprint density at radius 2 is 2.00 bits per heavy atom. The zero-order chi connectivity index (χ0) is 11.5. The molecule has 0 spiro atoms. The highest BCUT2D eigenvalue weighted by atomic mass is 16.5. The first-order valence-corrected chi connectivity index (χ1v) is 5.93. The minimum atomic E-state index is -0.219. The van der Waals surface area contributed by atoms with Crippen molar-refractivity contribution in [1.29, 1.82) is 0 Å². The first kappa shape index (κ1) is 12.9. The predicted octanol–water partition coefficient (Wildman–Crippen LogP) is 1.54. The van der Waals surface area contributed by atoms with Crippen molar-refractivity contribution < 1.29 is 9.84 Å². The Bertz CT molecular complexity index is 185. The summed E-state index contributed by atoms with van der Waals surface area (Å²) in [6.07, 6.45) is 3.59. The van der Waals surface area contributed by atoms with Crippen LogP contribution in [0, 0.1) is 11.3 Å². The van der Waals surface area contributed by atoms with E-state index in [9.17, 15) is 5.11 Å². The molecule has 1 saturated carbocycles. The third-order valence-electron chi connectivity index (χ3n) is 3.14. The molecule has 0 aromatic heterocycles. The Balaban J connectivity index is 2.26. The van der Waals surface area contributed by atoms with Gasteiger partial charge in [0.15, 0.2) is 0 Å². The van der Waals surface area contributed by atoms with Crippen molar-refractivity contribution in [2.45, 2.75) is 52.2 Å². The minimum absolute atomic E-state index is 0.0170. The highest BCUT2D eigenvalue weighted by Crippen LogP contribution is 2.32. The van der Waals surface area contributed by atoms with E-state index in [0.29, 0.717) is 0 Å². The number of ether oxygens (including phenoxy) is 1. The molecule has 0 radical (unpaired) electrons. The standard InChI is InChI=1S/C12H25NO2/c1-12(2,3)11(13)10(8-14)15-7-6-9-4-5-9/h9-11,14H,4-8,13H2,1-3H3. The second-order valence-corrected chi connectivity index (χ2v) is 5.72. The summed E-state index contributed by atoms with van der Waals surface area (Å²) in [7, 11) is 0. The summed E-state index contributed by atoms with van der Waals surface area (Å²) in [5.41, 5.74) is 6.03. The van der Waals surface area contributed by atoms with Crippen molar-refractivity contribution >= 4 is 0 Å². The predicted molar refractivity (Wildman–Crippen MR) is 61.6 cm³/mol. The van der Waals surface area contributed by atoms with Gasteiger partial charge in [-0.2, -0.15) is 0 Å². The average Bonchev–Trinajstić information content (AvgIpc) is 2.93. The van der Waals surface area contributed by atoms with Gasteiger partial charge in [0, 0.05) is 12.6 Å². The van der Waals surface area contributed by atoms with E-state index in [1.54, 1.807) is 0 Å². The molecule has 0 saturated heterocycles. The number of aliphatic hydroxyl groups is 1. The molecule has 3 nitrogen and oxygen atoms in total. The van der Waals surface area contributed by atoms with Crippen LogP contribution in [0.5, 0.6) is 0 Å². The Kier molecular flexibility index (Phi) is 4.56. The van der Waals surface area contributed by atoms with Crippen molar-refractivity contribution in [3.63, 3.8) is 0 Å². The lowest BCUT2D eigenvalue weighted by Gasteiger charge is -2.33. The van der Waals surface area contributed by atoms with Crippen LogP contribution in [0.25, 0.3) is 0 Å². The Hall–Kier alpha value is -0.120. The molecule has 0 heterocycles. The summed E-state index contributed by atoms with van der Waals surface area (Å²) >= 11 is 0. The molecule has 1 aliphatic carbocycles. The normalized spacial score (nSPS) is 21.4. The molecule has 3 N–H and O–H groups in total. The van der Waals surface area contributed by atoms with Gasteiger partial charge < -0.3 is 15.6 Å². The zero-order valence-corrected chi connectivity index (χ0v) is 10.2. The van der Waals surface area contributed by atoms with Gasteiger partial charge in [-0.25, -0.2) is 0 Å². The van der Waals surface area contributed by atoms with Crippen molar-refractivity contribution in [1.82, 2.24) is 0 Å². The molecule has 3 heteroatoms. The summed E-state index contributed by atoms with van der Waals surface area (Å²) in [4.78, 5) is 0. The van der Waals surface area contributed by atoms with Gasteiger partial charge in [-0.3, -0.25) is 0 Å².